The number of anilines is 1. The van der Waals surface area contributed by atoms with Crippen LogP contribution in [-0.4, -0.2) is 29.5 Å². The number of hydrogen-bond donors (Lipinski definition) is 1. The molecule has 1 unspecified atom stereocenters. The summed E-state index contributed by atoms with van der Waals surface area (Å²) in [5, 5.41) is 11.4. The van der Waals surface area contributed by atoms with Crippen LogP contribution in [0, 0.1) is 19.8 Å². The highest BCUT2D eigenvalue weighted by atomic mass is 16.5. The number of rotatable bonds is 8. The molecule has 3 aromatic carbocycles. The fourth-order valence-electron chi connectivity index (χ4n) is 4.45. The van der Waals surface area contributed by atoms with Gasteiger partial charge in [-0.1, -0.05) is 32.0 Å². The topological polar surface area (TPSA) is 76.1 Å². The van der Waals surface area contributed by atoms with Crippen LogP contribution < -0.4 is 14.4 Å². The van der Waals surface area contributed by atoms with Gasteiger partial charge in [0, 0.05) is 11.3 Å². The molecule has 0 bridgehead atoms. The predicted molar refractivity (Wildman–Crippen MR) is 150 cm³/mol. The minimum Gasteiger partial charge on any atom is -0.507 e. The van der Waals surface area contributed by atoms with Gasteiger partial charge in [0.15, 0.2) is 0 Å². The van der Waals surface area contributed by atoms with Crippen LogP contribution in [0.25, 0.3) is 5.76 Å². The lowest BCUT2D eigenvalue weighted by atomic mass is 9.94. The third kappa shape index (κ3) is 5.59. The summed E-state index contributed by atoms with van der Waals surface area (Å²) >= 11 is 0. The number of aliphatic hydroxyl groups is 1. The molecule has 0 aliphatic carbocycles. The van der Waals surface area contributed by atoms with Crippen molar-refractivity contribution in [3.63, 3.8) is 0 Å². The van der Waals surface area contributed by atoms with E-state index in [0.29, 0.717) is 40.8 Å². The Kier molecular flexibility index (Phi) is 7.91. The molecule has 1 heterocycles. The molecule has 1 fully saturated rings. The Balaban J connectivity index is 1.85. The van der Waals surface area contributed by atoms with Crippen LogP contribution in [0.1, 0.15) is 56.0 Å². The normalized spacial score (nSPS) is 16.9. The van der Waals surface area contributed by atoms with Gasteiger partial charge in [-0.25, -0.2) is 0 Å². The molecule has 3 aromatic rings. The zero-order valence-electron chi connectivity index (χ0n) is 22.8. The molecular weight excluding hydrogens is 478 g/mol. The lowest BCUT2D eigenvalue weighted by Gasteiger charge is -2.26. The van der Waals surface area contributed by atoms with Crippen LogP contribution >= 0.6 is 0 Å². The van der Waals surface area contributed by atoms with E-state index >= 15 is 0 Å². The van der Waals surface area contributed by atoms with E-state index in [1.54, 1.807) is 24.3 Å². The fourth-order valence-corrected chi connectivity index (χ4v) is 4.45. The number of ether oxygens (including phenoxy) is 2. The average Bonchev–Trinajstić information content (AvgIpc) is 3.14. The van der Waals surface area contributed by atoms with Crippen LogP contribution in [-0.2, 0) is 9.59 Å². The molecule has 6 heteroatoms. The van der Waals surface area contributed by atoms with Crippen LogP contribution in [0.4, 0.5) is 5.69 Å². The maximum Gasteiger partial charge on any atom is 0.300 e. The van der Waals surface area contributed by atoms with Crippen LogP contribution in [0.5, 0.6) is 11.5 Å². The van der Waals surface area contributed by atoms with Gasteiger partial charge in [-0.15, -0.1) is 0 Å². The standard InChI is InChI=1S/C32H35NO5/c1-19(2)18-37-26-14-11-23(12-15-26)30(34)28-29(24-8-7-9-27(17-24)38-20(3)4)33(32(36)31(28)35)25-13-10-21(5)22(6)16-25/h7-17,19-20,29,34H,18H2,1-6H3/b30-28+. The molecule has 0 radical (unpaired) electrons. The van der Waals surface area contributed by atoms with E-state index in [0.717, 1.165) is 11.1 Å². The van der Waals surface area contributed by atoms with Crippen LogP contribution in [0.3, 0.4) is 0 Å². The summed E-state index contributed by atoms with van der Waals surface area (Å²) in [5.74, 6) is 0.00819. The minimum absolute atomic E-state index is 0.0331. The van der Waals surface area contributed by atoms with Gasteiger partial charge in [-0.05, 0) is 98.8 Å². The van der Waals surface area contributed by atoms with Crippen molar-refractivity contribution in [3.8, 4) is 11.5 Å². The van der Waals surface area contributed by atoms with Crippen molar-refractivity contribution in [2.24, 2.45) is 5.92 Å². The number of aryl methyl sites for hydroxylation is 2. The summed E-state index contributed by atoms with van der Waals surface area (Å²) < 4.78 is 11.7. The second-order valence-corrected chi connectivity index (χ2v) is 10.4. The first-order valence-electron chi connectivity index (χ1n) is 12.9. The lowest BCUT2D eigenvalue weighted by Crippen LogP contribution is -2.29. The Morgan fingerprint density at radius 2 is 1.61 bits per heavy atom. The van der Waals surface area contributed by atoms with Gasteiger partial charge in [0.2, 0.25) is 0 Å². The van der Waals surface area contributed by atoms with Crippen molar-refractivity contribution in [2.75, 3.05) is 11.5 Å². The molecule has 0 aromatic heterocycles. The van der Waals surface area contributed by atoms with Crippen molar-refractivity contribution in [2.45, 2.75) is 53.7 Å². The first-order valence-corrected chi connectivity index (χ1v) is 12.9. The number of nitrogens with zero attached hydrogens (tertiary/aromatic N) is 1. The molecule has 0 spiro atoms. The van der Waals surface area contributed by atoms with E-state index in [-0.39, 0.29) is 17.4 Å². The van der Waals surface area contributed by atoms with Gasteiger partial charge < -0.3 is 14.6 Å². The van der Waals surface area contributed by atoms with E-state index in [1.807, 2.05) is 70.2 Å². The zero-order chi connectivity index (χ0) is 27.6. The largest absolute Gasteiger partial charge is 0.507 e. The zero-order valence-corrected chi connectivity index (χ0v) is 22.8. The quantitative estimate of drug-likeness (QED) is 0.205. The summed E-state index contributed by atoms with van der Waals surface area (Å²) in [5.41, 5.74) is 3.79. The number of hydrogen-bond acceptors (Lipinski definition) is 5. The molecule has 1 amide bonds. The summed E-state index contributed by atoms with van der Waals surface area (Å²) in [6, 6.07) is 19.0. The third-order valence-corrected chi connectivity index (χ3v) is 6.47. The predicted octanol–water partition coefficient (Wildman–Crippen LogP) is 6.75. The Bertz CT molecular complexity index is 1370. The Morgan fingerprint density at radius 3 is 2.24 bits per heavy atom. The second kappa shape index (κ2) is 11.1. The second-order valence-electron chi connectivity index (χ2n) is 10.4. The molecule has 38 heavy (non-hydrogen) atoms. The molecule has 198 valence electrons. The molecule has 4 rings (SSSR count). The lowest BCUT2D eigenvalue weighted by molar-refractivity contribution is -0.132. The van der Waals surface area contributed by atoms with Crippen molar-refractivity contribution in [1.82, 2.24) is 0 Å². The highest BCUT2D eigenvalue weighted by Crippen LogP contribution is 2.43. The van der Waals surface area contributed by atoms with Gasteiger partial charge >= 0.3 is 0 Å². The number of amides is 1. The van der Waals surface area contributed by atoms with Crippen molar-refractivity contribution in [3.05, 3.63) is 94.6 Å². The van der Waals surface area contributed by atoms with Crippen LogP contribution in [0.2, 0.25) is 0 Å². The van der Waals surface area contributed by atoms with E-state index in [2.05, 4.69) is 13.8 Å². The van der Waals surface area contributed by atoms with Gasteiger partial charge in [0.25, 0.3) is 11.7 Å². The number of Topliss-reactive ketones (excluding diaryl/α,β-unsaturated/α-hetero) is 1. The first kappa shape index (κ1) is 27.0. The highest BCUT2D eigenvalue weighted by molar-refractivity contribution is 6.51. The minimum atomic E-state index is -0.829. The van der Waals surface area contributed by atoms with E-state index < -0.39 is 17.7 Å². The third-order valence-electron chi connectivity index (χ3n) is 6.47. The number of aliphatic hydroxyl groups excluding tert-OH is 1. The maximum absolute atomic E-state index is 13.5. The molecule has 0 saturated carbocycles. The summed E-state index contributed by atoms with van der Waals surface area (Å²) in [4.78, 5) is 28.4. The van der Waals surface area contributed by atoms with Crippen molar-refractivity contribution < 1.29 is 24.2 Å². The van der Waals surface area contributed by atoms with E-state index in [1.165, 1.54) is 4.90 Å². The summed E-state index contributed by atoms with van der Waals surface area (Å²) in [6.45, 7) is 12.5. The highest BCUT2D eigenvalue weighted by Gasteiger charge is 2.47. The number of carbonyl (C=O) groups excluding carboxylic acids is 2. The molecule has 1 N–H and O–H groups in total. The molecular formula is C32H35NO5. The average molecular weight is 514 g/mol. The monoisotopic (exact) mass is 513 g/mol. The Hall–Kier alpha value is -4.06. The molecule has 1 atom stereocenters. The molecule has 1 saturated heterocycles. The molecule has 6 nitrogen and oxygen atoms in total. The van der Waals surface area contributed by atoms with Crippen LogP contribution in [0.15, 0.2) is 72.3 Å². The summed E-state index contributed by atoms with van der Waals surface area (Å²) in [6.07, 6.45) is -0.0483. The Labute approximate surface area is 224 Å². The van der Waals surface area contributed by atoms with Gasteiger partial charge in [0.05, 0.1) is 24.3 Å². The SMILES string of the molecule is Cc1ccc(N2C(=O)C(=O)/C(=C(/O)c3ccc(OCC(C)C)cc3)C2c2cccc(OC(C)C)c2)cc1C. The summed E-state index contributed by atoms with van der Waals surface area (Å²) in [7, 11) is 0. The number of ketones is 1. The fraction of sp³-hybridized carbons (Fsp3) is 0.312. The number of benzene rings is 3. The van der Waals surface area contributed by atoms with Gasteiger partial charge in [-0.2, -0.15) is 0 Å². The van der Waals surface area contributed by atoms with E-state index in [4.69, 9.17) is 9.47 Å². The Morgan fingerprint density at radius 1 is 0.895 bits per heavy atom. The van der Waals surface area contributed by atoms with Gasteiger partial charge in [0.1, 0.15) is 17.3 Å². The molecule has 1 aliphatic heterocycles. The first-order chi connectivity index (χ1) is 18.1. The number of carbonyl (C=O) groups is 2. The smallest absolute Gasteiger partial charge is 0.300 e. The van der Waals surface area contributed by atoms with Crippen molar-refractivity contribution in [1.29, 1.82) is 0 Å². The van der Waals surface area contributed by atoms with Crippen molar-refractivity contribution >= 4 is 23.1 Å². The van der Waals surface area contributed by atoms with Gasteiger partial charge in [-0.3, -0.25) is 14.5 Å². The van der Waals surface area contributed by atoms with E-state index in [9.17, 15) is 14.7 Å². The molecule has 1 aliphatic rings. The maximum atomic E-state index is 13.5.